The minimum atomic E-state index is 0.363. The number of aliphatic hydroxyl groups is 1. The molecule has 1 aliphatic rings. The summed E-state index contributed by atoms with van der Waals surface area (Å²) in [6.45, 7) is 0. The van der Waals surface area contributed by atoms with Crippen LogP contribution < -0.4 is 4.74 Å². The first-order valence-corrected chi connectivity index (χ1v) is 6.49. The molecule has 2 nitrogen and oxygen atoms in total. The molecule has 0 bridgehead atoms. The second-order valence-electron chi connectivity index (χ2n) is 3.60. The first kappa shape index (κ1) is 13.8. The molecule has 90 valence electrons. The summed E-state index contributed by atoms with van der Waals surface area (Å²) in [5.41, 5.74) is 0. The van der Waals surface area contributed by atoms with Crippen molar-refractivity contribution in [2.75, 3.05) is 7.11 Å². The Bertz CT molecular complexity index is 325. The zero-order valence-electron chi connectivity index (χ0n) is 9.25. The average molecular weight is 308 g/mol. The van der Waals surface area contributed by atoms with Crippen LogP contribution in [-0.4, -0.2) is 18.3 Å². The highest BCUT2D eigenvalue weighted by atomic mass is 79.9. The largest absolute Gasteiger partial charge is 0.489 e. The maximum absolute atomic E-state index is 7.00. The van der Waals surface area contributed by atoms with E-state index in [1.165, 1.54) is 12.8 Å². The zero-order chi connectivity index (χ0) is 12.0. The molecular weight excluding hydrogens is 291 g/mol. The molecule has 1 aliphatic carbocycles. The molecule has 0 spiro atoms. The van der Waals surface area contributed by atoms with Gasteiger partial charge >= 0.3 is 0 Å². The van der Waals surface area contributed by atoms with Gasteiger partial charge in [-0.2, -0.15) is 0 Å². The van der Waals surface area contributed by atoms with Crippen molar-refractivity contribution in [3.63, 3.8) is 0 Å². The molecule has 2 rings (SSSR count). The lowest BCUT2D eigenvalue weighted by molar-refractivity contribution is 0.210. The van der Waals surface area contributed by atoms with Crippen molar-refractivity contribution < 1.29 is 9.84 Å². The molecule has 0 radical (unpaired) electrons. The third kappa shape index (κ3) is 3.96. The standard InChI is InChI=1S/C11H12BrClO.CH4O/c12-8-5-6-10(13)11(7-8)14-9-3-1-2-4-9;1-2/h5-7,9H,1-4H2;2H,1H3. The van der Waals surface area contributed by atoms with Gasteiger partial charge in [-0.25, -0.2) is 0 Å². The number of hydrogen-bond acceptors (Lipinski definition) is 2. The lowest BCUT2D eigenvalue weighted by Crippen LogP contribution is -2.10. The highest BCUT2D eigenvalue weighted by Crippen LogP contribution is 2.31. The maximum atomic E-state index is 7.00. The van der Waals surface area contributed by atoms with Crippen LogP contribution in [-0.2, 0) is 0 Å². The quantitative estimate of drug-likeness (QED) is 0.894. The van der Waals surface area contributed by atoms with E-state index in [0.29, 0.717) is 11.1 Å². The SMILES string of the molecule is CO.Clc1ccc(Br)cc1OC1CCCC1. The lowest BCUT2D eigenvalue weighted by Gasteiger charge is -2.14. The number of benzene rings is 1. The van der Waals surface area contributed by atoms with Gasteiger partial charge in [-0.15, -0.1) is 0 Å². The van der Waals surface area contributed by atoms with Crippen molar-refractivity contribution >= 4 is 27.5 Å². The summed E-state index contributed by atoms with van der Waals surface area (Å²) >= 11 is 9.44. The van der Waals surface area contributed by atoms with Gasteiger partial charge in [0.05, 0.1) is 11.1 Å². The monoisotopic (exact) mass is 306 g/mol. The van der Waals surface area contributed by atoms with Crippen LogP contribution in [0.2, 0.25) is 5.02 Å². The van der Waals surface area contributed by atoms with Crippen molar-refractivity contribution in [3.8, 4) is 5.75 Å². The highest BCUT2D eigenvalue weighted by Gasteiger charge is 2.17. The molecule has 0 unspecified atom stereocenters. The minimum absolute atomic E-state index is 0.363. The Morgan fingerprint density at radius 3 is 2.56 bits per heavy atom. The molecule has 0 amide bonds. The Hall–Kier alpha value is -0.250. The van der Waals surface area contributed by atoms with E-state index in [1.54, 1.807) is 0 Å². The van der Waals surface area contributed by atoms with Gasteiger partial charge in [-0.3, -0.25) is 0 Å². The molecule has 0 atom stereocenters. The number of rotatable bonds is 2. The van der Waals surface area contributed by atoms with Crippen LogP contribution in [0.5, 0.6) is 5.75 Å². The van der Waals surface area contributed by atoms with Crippen LogP contribution in [0.4, 0.5) is 0 Å². The van der Waals surface area contributed by atoms with Gasteiger partial charge in [0.1, 0.15) is 5.75 Å². The summed E-state index contributed by atoms with van der Waals surface area (Å²) in [6.07, 6.45) is 5.22. The summed E-state index contributed by atoms with van der Waals surface area (Å²) in [5.74, 6) is 0.799. The Balaban J connectivity index is 0.000000606. The van der Waals surface area contributed by atoms with Crippen molar-refractivity contribution in [2.24, 2.45) is 0 Å². The summed E-state index contributed by atoms with van der Waals surface area (Å²) in [4.78, 5) is 0. The van der Waals surface area contributed by atoms with E-state index in [9.17, 15) is 0 Å². The van der Waals surface area contributed by atoms with Crippen molar-refractivity contribution in [1.82, 2.24) is 0 Å². The van der Waals surface area contributed by atoms with Crippen LogP contribution in [0, 0.1) is 0 Å². The highest BCUT2D eigenvalue weighted by molar-refractivity contribution is 9.10. The summed E-state index contributed by atoms with van der Waals surface area (Å²) in [7, 11) is 1.00. The number of aliphatic hydroxyl groups excluding tert-OH is 1. The van der Waals surface area contributed by atoms with Gasteiger partial charge in [0.2, 0.25) is 0 Å². The molecule has 0 aliphatic heterocycles. The smallest absolute Gasteiger partial charge is 0.139 e. The predicted octanol–water partition coefficient (Wildman–Crippen LogP) is 4.03. The van der Waals surface area contributed by atoms with Crippen LogP contribution >= 0.6 is 27.5 Å². The van der Waals surface area contributed by atoms with Crippen molar-refractivity contribution in [2.45, 2.75) is 31.8 Å². The van der Waals surface area contributed by atoms with E-state index < -0.39 is 0 Å². The van der Waals surface area contributed by atoms with E-state index >= 15 is 0 Å². The van der Waals surface area contributed by atoms with E-state index in [-0.39, 0.29) is 0 Å². The molecular formula is C12H16BrClO2. The maximum Gasteiger partial charge on any atom is 0.139 e. The Kier molecular flexibility index (Phi) is 6.17. The Labute approximate surface area is 110 Å². The predicted molar refractivity (Wildman–Crippen MR) is 70.2 cm³/mol. The average Bonchev–Trinajstić information content (AvgIpc) is 2.79. The van der Waals surface area contributed by atoms with E-state index in [0.717, 1.165) is 30.2 Å². The van der Waals surface area contributed by atoms with Crippen LogP contribution in [0.25, 0.3) is 0 Å². The van der Waals surface area contributed by atoms with Crippen LogP contribution in [0.15, 0.2) is 22.7 Å². The summed E-state index contributed by atoms with van der Waals surface area (Å²) in [6, 6.07) is 5.71. The second kappa shape index (κ2) is 7.15. The molecule has 16 heavy (non-hydrogen) atoms. The summed E-state index contributed by atoms with van der Waals surface area (Å²) < 4.78 is 6.83. The topological polar surface area (TPSA) is 29.5 Å². The molecule has 1 aromatic rings. The Morgan fingerprint density at radius 1 is 1.31 bits per heavy atom. The number of ether oxygens (including phenoxy) is 1. The molecule has 1 saturated carbocycles. The fourth-order valence-electron chi connectivity index (χ4n) is 1.75. The molecule has 1 fully saturated rings. The van der Waals surface area contributed by atoms with E-state index in [4.69, 9.17) is 21.4 Å². The molecule has 1 aromatic carbocycles. The first-order chi connectivity index (χ1) is 7.75. The minimum Gasteiger partial charge on any atom is -0.489 e. The van der Waals surface area contributed by atoms with Gasteiger partial charge in [0.25, 0.3) is 0 Å². The van der Waals surface area contributed by atoms with Crippen molar-refractivity contribution in [3.05, 3.63) is 27.7 Å². The molecule has 1 N–H and O–H groups in total. The third-order valence-corrected chi connectivity index (χ3v) is 3.29. The molecule has 0 heterocycles. The van der Waals surface area contributed by atoms with Gasteiger partial charge in [-0.1, -0.05) is 27.5 Å². The fraction of sp³-hybridized carbons (Fsp3) is 0.500. The molecule has 0 aromatic heterocycles. The third-order valence-electron chi connectivity index (χ3n) is 2.49. The van der Waals surface area contributed by atoms with E-state index in [2.05, 4.69) is 15.9 Å². The number of halogens is 2. The first-order valence-electron chi connectivity index (χ1n) is 5.32. The fourth-order valence-corrected chi connectivity index (χ4v) is 2.26. The number of hydrogen-bond donors (Lipinski definition) is 1. The zero-order valence-corrected chi connectivity index (χ0v) is 11.6. The normalized spacial score (nSPS) is 15.5. The molecule has 0 saturated heterocycles. The van der Waals surface area contributed by atoms with Gasteiger partial charge in [0.15, 0.2) is 0 Å². The van der Waals surface area contributed by atoms with E-state index in [1.807, 2.05) is 18.2 Å². The van der Waals surface area contributed by atoms with Gasteiger partial charge in [-0.05, 0) is 43.9 Å². The van der Waals surface area contributed by atoms with Gasteiger partial charge < -0.3 is 9.84 Å². The second-order valence-corrected chi connectivity index (χ2v) is 4.92. The lowest BCUT2D eigenvalue weighted by atomic mass is 10.3. The van der Waals surface area contributed by atoms with Crippen LogP contribution in [0.1, 0.15) is 25.7 Å². The Morgan fingerprint density at radius 2 is 1.94 bits per heavy atom. The van der Waals surface area contributed by atoms with Crippen LogP contribution in [0.3, 0.4) is 0 Å². The molecule has 4 heteroatoms. The summed E-state index contributed by atoms with van der Waals surface area (Å²) in [5, 5.41) is 7.69. The van der Waals surface area contributed by atoms with Crippen molar-refractivity contribution in [1.29, 1.82) is 0 Å². The van der Waals surface area contributed by atoms with Gasteiger partial charge in [0, 0.05) is 11.6 Å².